The molecule has 1 fully saturated rings. The Kier molecular flexibility index (Phi) is 4.58. The molecular formula is C9H18O3. The first-order valence-electron chi connectivity index (χ1n) is 4.78. The van der Waals surface area contributed by atoms with Crippen LogP contribution in [0, 0.1) is 0 Å². The molecule has 3 heteroatoms. The summed E-state index contributed by atoms with van der Waals surface area (Å²) in [6.45, 7) is 2.79. The topological polar surface area (TPSA) is 38.7 Å². The van der Waals surface area contributed by atoms with Crippen LogP contribution in [-0.4, -0.2) is 24.3 Å². The van der Waals surface area contributed by atoms with Crippen LogP contribution in [0.1, 0.15) is 39.0 Å². The fourth-order valence-corrected chi connectivity index (χ4v) is 1.31. The first-order chi connectivity index (χ1) is 5.83. The third-order valence-corrected chi connectivity index (χ3v) is 1.98. The van der Waals surface area contributed by atoms with Gasteiger partial charge in [0.25, 0.3) is 0 Å². The zero-order valence-corrected chi connectivity index (χ0v) is 7.66. The van der Waals surface area contributed by atoms with E-state index in [4.69, 9.17) is 9.47 Å². The van der Waals surface area contributed by atoms with E-state index in [0.29, 0.717) is 6.42 Å². The molecule has 1 aliphatic rings. The van der Waals surface area contributed by atoms with E-state index in [2.05, 4.69) is 0 Å². The molecule has 3 nitrogen and oxygen atoms in total. The number of aliphatic hydroxyl groups excluding tert-OH is 1. The van der Waals surface area contributed by atoms with Gasteiger partial charge in [-0.05, 0) is 25.7 Å². The largest absolute Gasteiger partial charge is 0.368 e. The zero-order chi connectivity index (χ0) is 8.81. The molecule has 72 valence electrons. The van der Waals surface area contributed by atoms with E-state index in [1.165, 1.54) is 0 Å². The van der Waals surface area contributed by atoms with Gasteiger partial charge in [0.2, 0.25) is 0 Å². The lowest BCUT2D eigenvalue weighted by molar-refractivity contribution is -0.241. The quantitative estimate of drug-likeness (QED) is 0.658. The van der Waals surface area contributed by atoms with E-state index in [0.717, 1.165) is 32.3 Å². The Morgan fingerprint density at radius 3 is 3.00 bits per heavy atom. The number of rotatable bonds is 4. The smallest absolute Gasteiger partial charge is 0.160 e. The van der Waals surface area contributed by atoms with Crippen molar-refractivity contribution in [1.82, 2.24) is 0 Å². The summed E-state index contributed by atoms with van der Waals surface area (Å²) in [7, 11) is 0. The van der Waals surface area contributed by atoms with Gasteiger partial charge in [-0.3, -0.25) is 0 Å². The van der Waals surface area contributed by atoms with Crippen LogP contribution in [0.15, 0.2) is 0 Å². The minimum Gasteiger partial charge on any atom is -0.368 e. The molecule has 0 saturated carbocycles. The predicted molar refractivity (Wildman–Crippen MR) is 45.6 cm³/mol. The van der Waals surface area contributed by atoms with Crippen molar-refractivity contribution < 1.29 is 14.6 Å². The van der Waals surface area contributed by atoms with Crippen molar-refractivity contribution in [3.8, 4) is 0 Å². The van der Waals surface area contributed by atoms with Crippen LogP contribution in [0.4, 0.5) is 0 Å². The van der Waals surface area contributed by atoms with Crippen LogP contribution >= 0.6 is 0 Å². The van der Waals surface area contributed by atoms with Gasteiger partial charge in [0.1, 0.15) is 0 Å². The molecule has 1 aliphatic heterocycles. The Bertz CT molecular complexity index is 110. The van der Waals surface area contributed by atoms with Crippen LogP contribution in [0.5, 0.6) is 0 Å². The summed E-state index contributed by atoms with van der Waals surface area (Å²) in [4.78, 5) is 0. The zero-order valence-electron chi connectivity index (χ0n) is 7.66. The monoisotopic (exact) mass is 174 g/mol. The molecule has 2 atom stereocenters. The lowest BCUT2D eigenvalue weighted by atomic mass is 10.2. The van der Waals surface area contributed by atoms with Gasteiger partial charge in [0, 0.05) is 6.61 Å². The number of ether oxygens (including phenoxy) is 2. The Balaban J connectivity index is 2.11. The summed E-state index contributed by atoms with van der Waals surface area (Å²) < 4.78 is 10.6. The Morgan fingerprint density at radius 1 is 1.58 bits per heavy atom. The van der Waals surface area contributed by atoms with Crippen molar-refractivity contribution in [3.63, 3.8) is 0 Å². The van der Waals surface area contributed by atoms with E-state index in [1.54, 1.807) is 0 Å². The van der Waals surface area contributed by atoms with Gasteiger partial charge >= 0.3 is 0 Å². The highest BCUT2D eigenvalue weighted by Crippen LogP contribution is 2.15. The van der Waals surface area contributed by atoms with Gasteiger partial charge in [-0.2, -0.15) is 0 Å². The number of hydrogen-bond acceptors (Lipinski definition) is 3. The van der Waals surface area contributed by atoms with Crippen LogP contribution in [0.2, 0.25) is 0 Å². The molecule has 1 saturated heterocycles. The Morgan fingerprint density at radius 2 is 2.42 bits per heavy atom. The number of hydrogen-bond donors (Lipinski definition) is 1. The number of aliphatic hydroxyl groups is 1. The van der Waals surface area contributed by atoms with Crippen molar-refractivity contribution in [2.24, 2.45) is 0 Å². The summed E-state index contributed by atoms with van der Waals surface area (Å²) in [6.07, 6.45) is 4.00. The van der Waals surface area contributed by atoms with E-state index < -0.39 is 6.29 Å². The van der Waals surface area contributed by atoms with Crippen LogP contribution in [-0.2, 0) is 9.47 Å². The molecule has 1 heterocycles. The molecule has 0 aromatic carbocycles. The molecule has 0 aliphatic carbocycles. The molecule has 0 amide bonds. The van der Waals surface area contributed by atoms with Crippen molar-refractivity contribution in [2.75, 3.05) is 6.61 Å². The Labute approximate surface area is 73.7 Å². The van der Waals surface area contributed by atoms with E-state index >= 15 is 0 Å². The SMILES string of the molecule is CCC[C@@H](O)O[C@H]1CCCCO1. The first kappa shape index (κ1) is 9.96. The minimum absolute atomic E-state index is 0.166. The van der Waals surface area contributed by atoms with Gasteiger partial charge in [-0.15, -0.1) is 0 Å². The van der Waals surface area contributed by atoms with Crippen LogP contribution in [0.25, 0.3) is 0 Å². The predicted octanol–water partition coefficient (Wildman–Crippen LogP) is 1.65. The second kappa shape index (κ2) is 5.51. The summed E-state index contributed by atoms with van der Waals surface area (Å²) in [5, 5.41) is 9.30. The summed E-state index contributed by atoms with van der Waals surface area (Å²) in [5.41, 5.74) is 0. The molecule has 0 bridgehead atoms. The molecule has 0 aromatic rings. The molecule has 0 aromatic heterocycles. The van der Waals surface area contributed by atoms with Crippen LogP contribution in [0.3, 0.4) is 0 Å². The summed E-state index contributed by atoms with van der Waals surface area (Å²) in [5.74, 6) is 0. The fourth-order valence-electron chi connectivity index (χ4n) is 1.31. The van der Waals surface area contributed by atoms with Crippen molar-refractivity contribution >= 4 is 0 Å². The average molecular weight is 174 g/mol. The highest BCUT2D eigenvalue weighted by atomic mass is 16.7. The lowest BCUT2D eigenvalue weighted by Crippen LogP contribution is -2.27. The van der Waals surface area contributed by atoms with Crippen LogP contribution < -0.4 is 0 Å². The molecule has 0 radical (unpaired) electrons. The maximum absolute atomic E-state index is 9.30. The molecular weight excluding hydrogens is 156 g/mol. The van der Waals surface area contributed by atoms with E-state index in [9.17, 15) is 5.11 Å². The molecule has 1 rings (SSSR count). The highest BCUT2D eigenvalue weighted by Gasteiger charge is 2.17. The molecule has 12 heavy (non-hydrogen) atoms. The van der Waals surface area contributed by atoms with Crippen molar-refractivity contribution in [3.05, 3.63) is 0 Å². The third-order valence-electron chi connectivity index (χ3n) is 1.98. The van der Waals surface area contributed by atoms with E-state index in [1.807, 2.05) is 6.92 Å². The summed E-state index contributed by atoms with van der Waals surface area (Å²) >= 11 is 0. The normalized spacial score (nSPS) is 27.0. The maximum atomic E-state index is 9.30. The van der Waals surface area contributed by atoms with Crippen molar-refractivity contribution in [1.29, 1.82) is 0 Å². The van der Waals surface area contributed by atoms with Gasteiger partial charge < -0.3 is 14.6 Å². The fraction of sp³-hybridized carbons (Fsp3) is 1.00. The summed E-state index contributed by atoms with van der Waals surface area (Å²) in [6, 6.07) is 0. The lowest BCUT2D eigenvalue weighted by Gasteiger charge is -2.25. The Hall–Kier alpha value is -0.120. The average Bonchev–Trinajstić information content (AvgIpc) is 2.06. The molecule has 0 unspecified atom stereocenters. The second-order valence-corrected chi connectivity index (χ2v) is 3.18. The maximum Gasteiger partial charge on any atom is 0.160 e. The standard InChI is InChI=1S/C9H18O3/c1-2-5-8(10)12-9-6-3-4-7-11-9/h8-10H,2-7H2,1H3/t8-,9-/m0/s1. The van der Waals surface area contributed by atoms with Gasteiger partial charge in [-0.1, -0.05) is 13.3 Å². The van der Waals surface area contributed by atoms with E-state index in [-0.39, 0.29) is 6.29 Å². The first-order valence-corrected chi connectivity index (χ1v) is 4.78. The third kappa shape index (κ3) is 3.52. The minimum atomic E-state index is -0.641. The second-order valence-electron chi connectivity index (χ2n) is 3.18. The van der Waals surface area contributed by atoms with Gasteiger partial charge in [0.15, 0.2) is 12.6 Å². The van der Waals surface area contributed by atoms with Crippen molar-refractivity contribution in [2.45, 2.75) is 51.6 Å². The van der Waals surface area contributed by atoms with Gasteiger partial charge in [0.05, 0.1) is 0 Å². The van der Waals surface area contributed by atoms with Gasteiger partial charge in [-0.25, -0.2) is 0 Å². The molecule has 1 N–H and O–H groups in total. The molecule has 0 spiro atoms. The highest BCUT2D eigenvalue weighted by molar-refractivity contribution is 4.54.